The molecular weight excluding hydrogens is 262 g/mol. The molecule has 1 aromatic carbocycles. The van der Waals surface area contributed by atoms with Crippen LogP contribution in [-0.4, -0.2) is 29.4 Å². The van der Waals surface area contributed by atoms with Gasteiger partial charge in [-0.2, -0.15) is 0 Å². The number of pyridine rings is 1. The first-order chi connectivity index (χ1) is 10.2. The zero-order valence-electron chi connectivity index (χ0n) is 11.9. The molecule has 1 amide bonds. The second kappa shape index (κ2) is 7.22. The molecule has 1 heterocycles. The first kappa shape index (κ1) is 14.8. The fourth-order valence-electron chi connectivity index (χ4n) is 1.94. The Hall–Kier alpha value is -2.64. The van der Waals surface area contributed by atoms with Gasteiger partial charge in [-0.25, -0.2) is 0 Å². The molecule has 2 rings (SSSR count). The van der Waals surface area contributed by atoms with Gasteiger partial charge in [-0.15, -0.1) is 0 Å². The van der Waals surface area contributed by atoms with Crippen molar-refractivity contribution in [1.82, 2.24) is 9.88 Å². The number of hydrogen-bond acceptors (Lipinski definition) is 3. The Labute approximate surface area is 124 Å². The lowest BCUT2D eigenvalue weighted by molar-refractivity contribution is 0.0785. The maximum atomic E-state index is 12.4. The van der Waals surface area contributed by atoms with Gasteiger partial charge in [0.15, 0.2) is 0 Å². The van der Waals surface area contributed by atoms with E-state index < -0.39 is 0 Å². The van der Waals surface area contributed by atoms with Crippen molar-refractivity contribution >= 4 is 5.91 Å². The molecule has 4 nitrogen and oxygen atoms in total. The van der Waals surface area contributed by atoms with Crippen molar-refractivity contribution in [2.24, 2.45) is 5.73 Å². The van der Waals surface area contributed by atoms with E-state index in [2.05, 4.69) is 16.8 Å². The van der Waals surface area contributed by atoms with Gasteiger partial charge in [0.1, 0.15) is 0 Å². The molecule has 0 fully saturated rings. The van der Waals surface area contributed by atoms with Crippen molar-refractivity contribution in [2.45, 2.75) is 6.54 Å². The third-order valence-electron chi connectivity index (χ3n) is 2.96. The van der Waals surface area contributed by atoms with Crippen LogP contribution in [0.25, 0.3) is 0 Å². The van der Waals surface area contributed by atoms with E-state index in [1.807, 2.05) is 24.3 Å². The maximum absolute atomic E-state index is 12.4. The molecule has 0 saturated heterocycles. The zero-order valence-corrected chi connectivity index (χ0v) is 11.9. The van der Waals surface area contributed by atoms with Crippen LogP contribution in [0.2, 0.25) is 0 Å². The third-order valence-corrected chi connectivity index (χ3v) is 2.96. The Morgan fingerprint density at radius 2 is 2.05 bits per heavy atom. The molecular formula is C17H17N3O. The number of carbonyl (C=O) groups is 1. The third kappa shape index (κ3) is 4.16. The van der Waals surface area contributed by atoms with Crippen LogP contribution in [0.4, 0.5) is 0 Å². The van der Waals surface area contributed by atoms with Crippen LogP contribution < -0.4 is 5.73 Å². The van der Waals surface area contributed by atoms with Crippen molar-refractivity contribution in [3.05, 3.63) is 65.5 Å². The van der Waals surface area contributed by atoms with Crippen molar-refractivity contribution in [3.63, 3.8) is 0 Å². The molecule has 4 heteroatoms. The lowest BCUT2D eigenvalue weighted by Crippen LogP contribution is -2.26. The molecule has 0 radical (unpaired) electrons. The SMILES string of the molecule is CN(Cc1ccncc1)C(=O)c1cccc(C#CCN)c1. The number of nitrogens with two attached hydrogens (primary N) is 1. The number of amides is 1. The summed E-state index contributed by atoms with van der Waals surface area (Å²) in [5.74, 6) is 5.68. The maximum Gasteiger partial charge on any atom is 0.253 e. The Balaban J connectivity index is 2.12. The quantitative estimate of drug-likeness (QED) is 0.869. The highest BCUT2D eigenvalue weighted by Crippen LogP contribution is 2.09. The molecule has 0 spiro atoms. The van der Waals surface area contributed by atoms with Gasteiger partial charge >= 0.3 is 0 Å². The molecule has 0 atom stereocenters. The second-order valence-electron chi connectivity index (χ2n) is 4.60. The standard InChI is InChI=1S/C17H17N3O/c1-20(13-15-7-10-19-11-8-15)17(21)16-6-2-4-14(12-16)5-3-9-18/h2,4,6-8,10-12H,9,13,18H2,1H3. The van der Waals surface area contributed by atoms with Gasteiger partial charge < -0.3 is 10.6 Å². The van der Waals surface area contributed by atoms with E-state index in [9.17, 15) is 4.79 Å². The molecule has 0 bridgehead atoms. The van der Waals surface area contributed by atoms with E-state index in [0.717, 1.165) is 11.1 Å². The first-order valence-electron chi connectivity index (χ1n) is 6.64. The van der Waals surface area contributed by atoms with E-state index in [1.165, 1.54) is 0 Å². The minimum atomic E-state index is -0.0387. The Bertz CT molecular complexity index is 671. The average Bonchev–Trinajstić information content (AvgIpc) is 2.53. The number of nitrogens with zero attached hydrogens (tertiary/aromatic N) is 2. The van der Waals surface area contributed by atoms with Crippen molar-refractivity contribution in [2.75, 3.05) is 13.6 Å². The Morgan fingerprint density at radius 3 is 2.76 bits per heavy atom. The summed E-state index contributed by atoms with van der Waals surface area (Å²) >= 11 is 0. The summed E-state index contributed by atoms with van der Waals surface area (Å²) < 4.78 is 0. The first-order valence-corrected chi connectivity index (χ1v) is 6.64. The van der Waals surface area contributed by atoms with Crippen LogP contribution >= 0.6 is 0 Å². The van der Waals surface area contributed by atoms with E-state index in [1.54, 1.807) is 36.5 Å². The van der Waals surface area contributed by atoms with E-state index >= 15 is 0 Å². The van der Waals surface area contributed by atoms with Gasteiger partial charge in [-0.1, -0.05) is 17.9 Å². The van der Waals surface area contributed by atoms with Gasteiger partial charge in [0.05, 0.1) is 6.54 Å². The summed E-state index contributed by atoms with van der Waals surface area (Å²) in [5.41, 5.74) is 7.81. The van der Waals surface area contributed by atoms with Gasteiger partial charge in [0.2, 0.25) is 0 Å². The summed E-state index contributed by atoms with van der Waals surface area (Å²) in [6, 6.07) is 11.1. The molecule has 0 saturated carbocycles. The fourth-order valence-corrected chi connectivity index (χ4v) is 1.94. The Kier molecular flexibility index (Phi) is 5.08. The molecule has 0 unspecified atom stereocenters. The average molecular weight is 279 g/mol. The molecule has 0 aliphatic heterocycles. The topological polar surface area (TPSA) is 59.2 Å². The summed E-state index contributed by atoms with van der Waals surface area (Å²) in [4.78, 5) is 18.1. The van der Waals surface area contributed by atoms with Crippen molar-refractivity contribution < 1.29 is 4.79 Å². The predicted molar refractivity (Wildman–Crippen MR) is 82.4 cm³/mol. The summed E-state index contributed by atoms with van der Waals surface area (Å²) in [5, 5.41) is 0. The van der Waals surface area contributed by atoms with Crippen molar-refractivity contribution in [3.8, 4) is 11.8 Å². The highest BCUT2D eigenvalue weighted by Gasteiger charge is 2.12. The molecule has 0 aliphatic carbocycles. The number of aromatic nitrogens is 1. The van der Waals surface area contributed by atoms with Gasteiger partial charge in [0, 0.05) is 37.1 Å². The van der Waals surface area contributed by atoms with Crippen LogP contribution in [0.1, 0.15) is 21.5 Å². The van der Waals surface area contributed by atoms with Crippen LogP contribution in [0.15, 0.2) is 48.8 Å². The fraction of sp³-hybridized carbons (Fsp3) is 0.176. The number of benzene rings is 1. The Morgan fingerprint density at radius 1 is 1.29 bits per heavy atom. The molecule has 2 aromatic rings. The van der Waals surface area contributed by atoms with Crippen LogP contribution in [0, 0.1) is 11.8 Å². The lowest BCUT2D eigenvalue weighted by atomic mass is 10.1. The van der Waals surface area contributed by atoms with E-state index in [-0.39, 0.29) is 5.91 Å². The van der Waals surface area contributed by atoms with Crippen LogP contribution in [0.5, 0.6) is 0 Å². The minimum Gasteiger partial charge on any atom is -0.337 e. The molecule has 2 N–H and O–H groups in total. The predicted octanol–water partition coefficient (Wildman–Crippen LogP) is 1.66. The van der Waals surface area contributed by atoms with Crippen LogP contribution in [-0.2, 0) is 6.54 Å². The zero-order chi connectivity index (χ0) is 15.1. The van der Waals surface area contributed by atoms with Gasteiger partial charge in [-0.3, -0.25) is 9.78 Å². The lowest BCUT2D eigenvalue weighted by Gasteiger charge is -2.17. The van der Waals surface area contributed by atoms with Gasteiger partial charge in [0.25, 0.3) is 5.91 Å². The number of hydrogen-bond donors (Lipinski definition) is 1. The second-order valence-corrected chi connectivity index (χ2v) is 4.60. The number of carbonyl (C=O) groups excluding carboxylic acids is 1. The summed E-state index contributed by atoms with van der Waals surface area (Å²) in [6.07, 6.45) is 3.44. The smallest absolute Gasteiger partial charge is 0.253 e. The largest absolute Gasteiger partial charge is 0.337 e. The van der Waals surface area contributed by atoms with Gasteiger partial charge in [-0.05, 0) is 35.9 Å². The molecule has 21 heavy (non-hydrogen) atoms. The number of rotatable bonds is 3. The normalized spacial score (nSPS) is 9.62. The molecule has 0 aliphatic rings. The highest BCUT2D eigenvalue weighted by atomic mass is 16.2. The summed E-state index contributed by atoms with van der Waals surface area (Å²) in [6.45, 7) is 0.847. The van der Waals surface area contributed by atoms with Crippen LogP contribution in [0.3, 0.4) is 0 Å². The molecule has 1 aromatic heterocycles. The molecule has 106 valence electrons. The minimum absolute atomic E-state index is 0.0387. The van der Waals surface area contributed by atoms with Crippen molar-refractivity contribution in [1.29, 1.82) is 0 Å². The van der Waals surface area contributed by atoms with E-state index in [4.69, 9.17) is 5.73 Å². The summed E-state index contributed by atoms with van der Waals surface area (Å²) in [7, 11) is 1.78. The van der Waals surface area contributed by atoms with E-state index in [0.29, 0.717) is 18.7 Å². The highest BCUT2D eigenvalue weighted by molar-refractivity contribution is 5.94. The monoisotopic (exact) mass is 279 g/mol.